The van der Waals surface area contributed by atoms with Crippen LogP contribution in [0.3, 0.4) is 0 Å². The quantitative estimate of drug-likeness (QED) is 0.603. The van der Waals surface area contributed by atoms with E-state index in [0.717, 1.165) is 0 Å². The fourth-order valence-corrected chi connectivity index (χ4v) is 3.71. The first-order valence-electron chi connectivity index (χ1n) is 9.90. The summed E-state index contributed by atoms with van der Waals surface area (Å²) in [7, 11) is 0. The molecule has 1 amide bonds. The Morgan fingerprint density at radius 1 is 1.31 bits per heavy atom. The molecule has 1 aliphatic heterocycles. The molecular weight excluding hydrogens is 377 g/mol. The van der Waals surface area contributed by atoms with Gasteiger partial charge >= 0.3 is 5.97 Å². The van der Waals surface area contributed by atoms with Gasteiger partial charge in [-0.25, -0.2) is 4.39 Å². The van der Waals surface area contributed by atoms with Gasteiger partial charge in [-0.1, -0.05) is 26.0 Å². The standard InChI is InChI=1S/C21H32FN3O4/c1-13(2)14(20(28)29)9-18(26)16(23)10-24-11-19(27)25(12-21(24,3)4)17-8-6-5-7-15(17)22/h5-8,13-14,16,18,26H,9-12,23H2,1-4H3,(H,28,29). The summed E-state index contributed by atoms with van der Waals surface area (Å²) < 4.78 is 14.2. The Morgan fingerprint density at radius 2 is 1.93 bits per heavy atom. The molecule has 0 aliphatic carbocycles. The van der Waals surface area contributed by atoms with E-state index in [9.17, 15) is 24.2 Å². The Bertz CT molecular complexity index is 740. The number of rotatable bonds is 8. The van der Waals surface area contributed by atoms with Crippen LogP contribution in [0.5, 0.6) is 0 Å². The van der Waals surface area contributed by atoms with Crippen LogP contribution >= 0.6 is 0 Å². The molecule has 3 atom stereocenters. The highest BCUT2D eigenvalue weighted by Crippen LogP contribution is 2.28. The molecule has 0 bridgehead atoms. The molecule has 1 aromatic rings. The topological polar surface area (TPSA) is 107 Å². The number of para-hydroxylation sites is 1. The summed E-state index contributed by atoms with van der Waals surface area (Å²) in [5.74, 6) is -2.48. The van der Waals surface area contributed by atoms with Crippen LogP contribution in [0.25, 0.3) is 0 Å². The molecule has 4 N–H and O–H groups in total. The molecule has 1 aromatic carbocycles. The Balaban J connectivity index is 2.07. The van der Waals surface area contributed by atoms with Gasteiger partial charge in [-0.3, -0.25) is 14.5 Å². The SMILES string of the molecule is CC(C)C(CC(O)C(N)CN1CC(=O)N(c2ccccc2F)CC1(C)C)C(=O)O. The van der Waals surface area contributed by atoms with E-state index in [1.807, 2.05) is 18.7 Å². The fraction of sp³-hybridized carbons (Fsp3) is 0.619. The molecule has 1 heterocycles. The molecule has 1 saturated heterocycles. The van der Waals surface area contributed by atoms with Gasteiger partial charge in [0.05, 0.1) is 24.3 Å². The number of halogens is 1. The van der Waals surface area contributed by atoms with Gasteiger partial charge in [-0.05, 0) is 38.3 Å². The number of piperazine rings is 1. The molecule has 162 valence electrons. The molecule has 0 spiro atoms. The van der Waals surface area contributed by atoms with Gasteiger partial charge in [0.1, 0.15) is 5.82 Å². The maximum Gasteiger partial charge on any atom is 0.306 e. The number of carboxylic acids is 1. The van der Waals surface area contributed by atoms with Crippen molar-refractivity contribution in [3.05, 3.63) is 30.1 Å². The lowest BCUT2D eigenvalue weighted by atomic mass is 9.87. The minimum atomic E-state index is -1.01. The van der Waals surface area contributed by atoms with Gasteiger partial charge in [-0.2, -0.15) is 0 Å². The number of anilines is 1. The maximum atomic E-state index is 14.2. The molecule has 1 fully saturated rings. The number of hydrogen-bond acceptors (Lipinski definition) is 5. The number of aliphatic hydroxyl groups excluding tert-OH is 1. The van der Waals surface area contributed by atoms with Crippen molar-refractivity contribution < 1.29 is 24.2 Å². The van der Waals surface area contributed by atoms with Crippen molar-refractivity contribution >= 4 is 17.6 Å². The zero-order chi connectivity index (χ0) is 21.9. The molecule has 29 heavy (non-hydrogen) atoms. The first-order valence-corrected chi connectivity index (χ1v) is 9.90. The van der Waals surface area contributed by atoms with Crippen LogP contribution < -0.4 is 10.6 Å². The molecule has 0 radical (unpaired) electrons. The monoisotopic (exact) mass is 409 g/mol. The Kier molecular flexibility index (Phi) is 7.37. The van der Waals surface area contributed by atoms with Crippen LogP contribution in [0.2, 0.25) is 0 Å². The van der Waals surface area contributed by atoms with E-state index in [1.54, 1.807) is 32.0 Å². The van der Waals surface area contributed by atoms with Crippen LogP contribution in [0.1, 0.15) is 34.1 Å². The third-order valence-corrected chi connectivity index (χ3v) is 5.71. The summed E-state index contributed by atoms with van der Waals surface area (Å²) in [6.45, 7) is 7.99. The lowest BCUT2D eigenvalue weighted by molar-refractivity contribution is -0.144. The first kappa shape index (κ1) is 23.3. The molecule has 0 aromatic heterocycles. The molecule has 2 rings (SSSR count). The number of hydrogen-bond donors (Lipinski definition) is 3. The van der Waals surface area contributed by atoms with Crippen LogP contribution in [-0.2, 0) is 9.59 Å². The number of aliphatic carboxylic acids is 1. The summed E-state index contributed by atoms with van der Waals surface area (Å²) >= 11 is 0. The average molecular weight is 410 g/mol. The number of carbonyl (C=O) groups is 2. The lowest BCUT2D eigenvalue weighted by Gasteiger charge is -2.47. The van der Waals surface area contributed by atoms with E-state index < -0.39 is 35.4 Å². The number of carboxylic acid groups (broad SMARTS) is 1. The third-order valence-electron chi connectivity index (χ3n) is 5.71. The molecule has 8 heteroatoms. The smallest absolute Gasteiger partial charge is 0.306 e. The Labute approximate surface area is 171 Å². The summed E-state index contributed by atoms with van der Waals surface area (Å²) in [5, 5.41) is 19.8. The minimum Gasteiger partial charge on any atom is -0.481 e. The zero-order valence-corrected chi connectivity index (χ0v) is 17.5. The predicted molar refractivity (Wildman–Crippen MR) is 109 cm³/mol. The molecular formula is C21H32FN3O4. The van der Waals surface area contributed by atoms with Gasteiger partial charge < -0.3 is 20.8 Å². The van der Waals surface area contributed by atoms with Crippen LogP contribution in [0.15, 0.2) is 24.3 Å². The van der Waals surface area contributed by atoms with Gasteiger partial charge in [0.25, 0.3) is 0 Å². The van der Waals surface area contributed by atoms with Gasteiger partial charge in [0.2, 0.25) is 5.91 Å². The molecule has 1 aliphatic rings. The fourth-order valence-electron chi connectivity index (χ4n) is 3.71. The average Bonchev–Trinajstić information content (AvgIpc) is 2.62. The second kappa shape index (κ2) is 9.19. The number of nitrogens with zero attached hydrogens (tertiary/aromatic N) is 2. The number of carbonyl (C=O) groups excluding carboxylic acids is 1. The van der Waals surface area contributed by atoms with Gasteiger partial charge in [0, 0.05) is 24.7 Å². The molecule has 3 unspecified atom stereocenters. The van der Waals surface area contributed by atoms with Gasteiger partial charge in [0.15, 0.2) is 0 Å². The largest absolute Gasteiger partial charge is 0.481 e. The molecule has 0 saturated carbocycles. The number of amides is 1. The van der Waals surface area contributed by atoms with E-state index >= 15 is 0 Å². The van der Waals surface area contributed by atoms with Crippen molar-refractivity contribution in [1.82, 2.24) is 4.90 Å². The Morgan fingerprint density at radius 3 is 2.48 bits per heavy atom. The van der Waals surface area contributed by atoms with E-state index in [1.165, 1.54) is 11.0 Å². The van der Waals surface area contributed by atoms with Crippen LogP contribution in [-0.4, -0.2) is 64.3 Å². The number of benzene rings is 1. The van der Waals surface area contributed by atoms with Crippen molar-refractivity contribution in [2.45, 2.75) is 51.8 Å². The van der Waals surface area contributed by atoms with E-state index in [0.29, 0.717) is 0 Å². The van der Waals surface area contributed by atoms with Gasteiger partial charge in [-0.15, -0.1) is 0 Å². The second-order valence-corrected chi connectivity index (χ2v) is 8.78. The van der Waals surface area contributed by atoms with Crippen molar-refractivity contribution in [1.29, 1.82) is 0 Å². The zero-order valence-electron chi connectivity index (χ0n) is 17.5. The van der Waals surface area contributed by atoms with Crippen LogP contribution in [0, 0.1) is 17.7 Å². The second-order valence-electron chi connectivity index (χ2n) is 8.78. The highest BCUT2D eigenvalue weighted by atomic mass is 19.1. The van der Waals surface area contributed by atoms with E-state index in [2.05, 4.69) is 0 Å². The third kappa shape index (κ3) is 5.52. The summed E-state index contributed by atoms with van der Waals surface area (Å²) in [5.41, 5.74) is 5.91. The van der Waals surface area contributed by atoms with Crippen molar-refractivity contribution in [3.63, 3.8) is 0 Å². The summed E-state index contributed by atoms with van der Waals surface area (Å²) in [6, 6.07) is 5.45. The predicted octanol–water partition coefficient (Wildman–Crippen LogP) is 1.69. The normalized spacial score (nSPS) is 20.6. The van der Waals surface area contributed by atoms with E-state index in [4.69, 9.17) is 5.73 Å². The highest BCUT2D eigenvalue weighted by molar-refractivity contribution is 5.96. The highest BCUT2D eigenvalue weighted by Gasteiger charge is 2.40. The number of aliphatic hydroxyl groups is 1. The van der Waals surface area contributed by atoms with Crippen molar-refractivity contribution in [2.24, 2.45) is 17.6 Å². The first-order chi connectivity index (χ1) is 13.4. The molecule has 7 nitrogen and oxygen atoms in total. The minimum absolute atomic E-state index is 0.0360. The number of nitrogens with two attached hydrogens (primary N) is 1. The van der Waals surface area contributed by atoms with Crippen molar-refractivity contribution in [3.8, 4) is 0 Å². The lowest BCUT2D eigenvalue weighted by Crippen LogP contribution is -2.64. The van der Waals surface area contributed by atoms with E-state index in [-0.39, 0.29) is 43.6 Å². The maximum absolute atomic E-state index is 14.2. The summed E-state index contributed by atoms with van der Waals surface area (Å²) in [6.07, 6.45) is -0.952. The summed E-state index contributed by atoms with van der Waals surface area (Å²) in [4.78, 5) is 27.4. The Hall–Kier alpha value is -2.03. The van der Waals surface area contributed by atoms with Crippen molar-refractivity contribution in [2.75, 3.05) is 24.5 Å². The van der Waals surface area contributed by atoms with Crippen LogP contribution in [0.4, 0.5) is 10.1 Å².